The van der Waals surface area contributed by atoms with Crippen molar-refractivity contribution in [1.29, 1.82) is 0 Å². The van der Waals surface area contributed by atoms with Crippen LogP contribution in [0.25, 0.3) is 33.8 Å². The first-order chi connectivity index (χ1) is 12.1. The zero-order valence-electron chi connectivity index (χ0n) is 13.9. The molecule has 4 rings (SSSR count). The van der Waals surface area contributed by atoms with Crippen LogP contribution in [0.5, 0.6) is 0 Å². The lowest BCUT2D eigenvalue weighted by atomic mass is 10.0. The molecule has 25 heavy (non-hydrogen) atoms. The molecule has 6 heteroatoms. The minimum absolute atomic E-state index is 0.304. The van der Waals surface area contributed by atoms with Crippen LogP contribution in [0.15, 0.2) is 55.1 Å². The highest BCUT2D eigenvalue weighted by atomic mass is 19.1. The number of hydrogen-bond acceptors (Lipinski definition) is 3. The fourth-order valence-corrected chi connectivity index (χ4v) is 2.82. The SMILES string of the molecule is Cc1cccc(-c2n[nH]cc2-c2ccc(F)c(-c3cn(C)cn3)c2)n1. The number of rotatable bonds is 3. The van der Waals surface area contributed by atoms with Crippen LogP contribution in [0.3, 0.4) is 0 Å². The molecule has 0 amide bonds. The van der Waals surface area contributed by atoms with Crippen LogP contribution in [0.2, 0.25) is 0 Å². The van der Waals surface area contributed by atoms with E-state index in [0.717, 1.165) is 28.2 Å². The largest absolute Gasteiger partial charge is 0.340 e. The first-order valence-electron chi connectivity index (χ1n) is 7.88. The average molecular weight is 333 g/mol. The van der Waals surface area contributed by atoms with Crippen molar-refractivity contribution in [3.8, 4) is 33.8 Å². The van der Waals surface area contributed by atoms with Crippen LogP contribution in [0.1, 0.15) is 5.69 Å². The molecule has 3 aromatic heterocycles. The number of benzene rings is 1. The molecule has 0 aliphatic heterocycles. The maximum absolute atomic E-state index is 14.3. The number of aromatic amines is 1. The van der Waals surface area contributed by atoms with Gasteiger partial charge in [-0.05, 0) is 36.8 Å². The second kappa shape index (κ2) is 5.98. The maximum atomic E-state index is 14.3. The molecule has 4 aromatic rings. The Morgan fingerprint density at radius 3 is 2.72 bits per heavy atom. The van der Waals surface area contributed by atoms with Gasteiger partial charge < -0.3 is 4.57 Å². The molecule has 0 bridgehead atoms. The van der Waals surface area contributed by atoms with E-state index in [0.29, 0.717) is 11.3 Å². The monoisotopic (exact) mass is 333 g/mol. The lowest BCUT2D eigenvalue weighted by Crippen LogP contribution is -1.90. The molecule has 0 saturated heterocycles. The van der Waals surface area contributed by atoms with Crippen molar-refractivity contribution in [1.82, 2.24) is 24.7 Å². The number of aryl methyl sites for hydroxylation is 2. The highest BCUT2D eigenvalue weighted by Gasteiger charge is 2.15. The topological polar surface area (TPSA) is 59.4 Å². The lowest BCUT2D eigenvalue weighted by Gasteiger charge is -2.06. The van der Waals surface area contributed by atoms with Gasteiger partial charge in [0.1, 0.15) is 11.5 Å². The Hall–Kier alpha value is -3.28. The van der Waals surface area contributed by atoms with Crippen LogP contribution in [0, 0.1) is 12.7 Å². The Morgan fingerprint density at radius 2 is 1.96 bits per heavy atom. The Bertz CT molecular complexity index is 1050. The summed E-state index contributed by atoms with van der Waals surface area (Å²) in [5.41, 5.74) is 5.22. The maximum Gasteiger partial charge on any atom is 0.132 e. The Balaban J connectivity index is 1.83. The third-order valence-electron chi connectivity index (χ3n) is 4.03. The van der Waals surface area contributed by atoms with Gasteiger partial charge in [-0.1, -0.05) is 12.1 Å². The summed E-state index contributed by atoms with van der Waals surface area (Å²) in [5, 5.41) is 7.22. The number of H-pyrrole nitrogens is 1. The van der Waals surface area contributed by atoms with E-state index < -0.39 is 0 Å². The minimum Gasteiger partial charge on any atom is -0.340 e. The standard InChI is InChI=1S/C19H16FN5/c1-12-4-3-5-17(23-12)19-15(9-22-24-19)13-6-7-16(20)14(8-13)18-10-25(2)11-21-18/h3-11H,1-2H3,(H,22,24). The molecule has 1 aromatic carbocycles. The summed E-state index contributed by atoms with van der Waals surface area (Å²) in [5.74, 6) is -0.304. The van der Waals surface area contributed by atoms with Gasteiger partial charge in [0.05, 0.1) is 17.7 Å². The fraction of sp³-hybridized carbons (Fsp3) is 0.105. The van der Waals surface area contributed by atoms with Crippen LogP contribution in [-0.4, -0.2) is 24.7 Å². The number of pyridine rings is 1. The quantitative estimate of drug-likeness (QED) is 0.617. The molecule has 3 heterocycles. The van der Waals surface area contributed by atoms with Crippen LogP contribution < -0.4 is 0 Å². The van der Waals surface area contributed by atoms with Gasteiger partial charge in [0.25, 0.3) is 0 Å². The van der Waals surface area contributed by atoms with E-state index in [-0.39, 0.29) is 5.82 Å². The first-order valence-corrected chi connectivity index (χ1v) is 7.88. The van der Waals surface area contributed by atoms with E-state index in [9.17, 15) is 4.39 Å². The second-order valence-corrected chi connectivity index (χ2v) is 5.93. The Labute approximate surface area is 144 Å². The Morgan fingerprint density at radius 1 is 1.08 bits per heavy atom. The van der Waals surface area contributed by atoms with Crippen LogP contribution in [0.4, 0.5) is 4.39 Å². The van der Waals surface area contributed by atoms with Gasteiger partial charge in [-0.2, -0.15) is 5.10 Å². The molecular formula is C19H16FN5. The van der Waals surface area contributed by atoms with Crippen molar-refractivity contribution in [3.63, 3.8) is 0 Å². The molecule has 0 unspecified atom stereocenters. The van der Waals surface area contributed by atoms with Gasteiger partial charge in [0.15, 0.2) is 0 Å². The molecule has 1 N–H and O–H groups in total. The number of nitrogens with zero attached hydrogens (tertiary/aromatic N) is 4. The number of hydrogen-bond donors (Lipinski definition) is 1. The van der Waals surface area contributed by atoms with Crippen molar-refractivity contribution in [2.45, 2.75) is 6.92 Å². The number of halogens is 1. The second-order valence-electron chi connectivity index (χ2n) is 5.93. The lowest BCUT2D eigenvalue weighted by molar-refractivity contribution is 0.631. The van der Waals surface area contributed by atoms with E-state index >= 15 is 0 Å². The molecule has 0 aliphatic carbocycles. The number of nitrogens with one attached hydrogen (secondary N) is 1. The molecule has 0 fully saturated rings. The molecule has 0 saturated carbocycles. The van der Waals surface area contributed by atoms with Gasteiger partial charge in [0.2, 0.25) is 0 Å². The van der Waals surface area contributed by atoms with E-state index in [1.54, 1.807) is 35.4 Å². The summed E-state index contributed by atoms with van der Waals surface area (Å²) in [6.07, 6.45) is 5.25. The average Bonchev–Trinajstić information content (AvgIpc) is 3.24. The van der Waals surface area contributed by atoms with Crippen molar-refractivity contribution in [3.05, 3.63) is 66.6 Å². The zero-order chi connectivity index (χ0) is 17.4. The third-order valence-corrected chi connectivity index (χ3v) is 4.03. The van der Waals surface area contributed by atoms with Gasteiger partial charge in [-0.3, -0.25) is 10.1 Å². The first kappa shape index (κ1) is 15.3. The normalized spacial score (nSPS) is 11.0. The summed E-state index contributed by atoms with van der Waals surface area (Å²) in [6.45, 7) is 1.94. The predicted octanol–water partition coefficient (Wildman–Crippen LogP) is 3.99. The van der Waals surface area contributed by atoms with E-state index in [4.69, 9.17) is 0 Å². The molecule has 0 atom stereocenters. The molecular weight excluding hydrogens is 317 g/mol. The van der Waals surface area contributed by atoms with Crippen molar-refractivity contribution in [2.24, 2.45) is 7.05 Å². The summed E-state index contributed by atoms with van der Waals surface area (Å²) >= 11 is 0. The van der Waals surface area contributed by atoms with Crippen molar-refractivity contribution < 1.29 is 4.39 Å². The summed E-state index contributed by atoms with van der Waals surface area (Å²) in [7, 11) is 1.86. The summed E-state index contributed by atoms with van der Waals surface area (Å²) in [6, 6.07) is 10.8. The smallest absolute Gasteiger partial charge is 0.132 e. The van der Waals surface area contributed by atoms with Crippen molar-refractivity contribution in [2.75, 3.05) is 0 Å². The van der Waals surface area contributed by atoms with Gasteiger partial charge >= 0.3 is 0 Å². The summed E-state index contributed by atoms with van der Waals surface area (Å²) in [4.78, 5) is 8.78. The van der Waals surface area contributed by atoms with Crippen LogP contribution in [-0.2, 0) is 7.05 Å². The zero-order valence-corrected chi connectivity index (χ0v) is 13.9. The highest BCUT2D eigenvalue weighted by molar-refractivity contribution is 5.81. The van der Waals surface area contributed by atoms with Gasteiger partial charge in [-0.15, -0.1) is 0 Å². The van der Waals surface area contributed by atoms with Gasteiger partial charge in [0, 0.05) is 36.3 Å². The molecule has 0 radical (unpaired) electrons. The minimum atomic E-state index is -0.304. The van der Waals surface area contributed by atoms with Gasteiger partial charge in [-0.25, -0.2) is 9.37 Å². The van der Waals surface area contributed by atoms with Crippen molar-refractivity contribution >= 4 is 0 Å². The molecule has 0 aliphatic rings. The Kier molecular flexibility index (Phi) is 3.65. The van der Waals surface area contributed by atoms with E-state index in [1.165, 1.54) is 6.07 Å². The van der Waals surface area contributed by atoms with E-state index in [2.05, 4.69) is 20.2 Å². The van der Waals surface area contributed by atoms with E-state index in [1.807, 2.05) is 32.2 Å². The predicted molar refractivity (Wildman–Crippen MR) is 94.2 cm³/mol. The highest BCUT2D eigenvalue weighted by Crippen LogP contribution is 2.32. The molecule has 0 spiro atoms. The molecule has 5 nitrogen and oxygen atoms in total. The fourth-order valence-electron chi connectivity index (χ4n) is 2.82. The third kappa shape index (κ3) is 2.82. The number of imidazole rings is 1. The molecule has 124 valence electrons. The van der Waals surface area contributed by atoms with Crippen LogP contribution >= 0.6 is 0 Å². The number of aromatic nitrogens is 5. The summed E-state index contributed by atoms with van der Waals surface area (Å²) < 4.78 is 16.1.